The van der Waals surface area contributed by atoms with Crippen LogP contribution in [0, 0.1) is 0 Å². The molecule has 0 unspecified atom stereocenters. The maximum atomic E-state index is 13.2. The van der Waals surface area contributed by atoms with E-state index in [1.807, 2.05) is 4.90 Å². The Morgan fingerprint density at radius 1 is 1.09 bits per heavy atom. The number of alkyl halides is 3. The number of hydrogen-bond acceptors (Lipinski definition) is 3. The van der Waals surface area contributed by atoms with Crippen molar-refractivity contribution in [2.45, 2.75) is 12.6 Å². The molecule has 23 heavy (non-hydrogen) atoms. The molecule has 0 spiro atoms. The molecule has 0 atom stereocenters. The lowest BCUT2D eigenvalue weighted by Crippen LogP contribution is -2.28. The molecule has 3 rings (SSSR count). The van der Waals surface area contributed by atoms with Crippen molar-refractivity contribution >= 4 is 39.8 Å². The van der Waals surface area contributed by atoms with Crippen molar-refractivity contribution in [3.05, 3.63) is 33.9 Å². The second-order valence-electron chi connectivity index (χ2n) is 5.40. The summed E-state index contributed by atoms with van der Waals surface area (Å²) in [5.74, 6) is 0. The second-order valence-corrected chi connectivity index (χ2v) is 6.24. The summed E-state index contributed by atoms with van der Waals surface area (Å²) < 4.78 is 39.6. The van der Waals surface area contributed by atoms with Crippen molar-refractivity contribution in [1.29, 1.82) is 0 Å². The molecule has 1 fully saturated rings. The monoisotopic (exact) mass is 363 g/mol. The van der Waals surface area contributed by atoms with Gasteiger partial charge in [0.25, 0.3) is 0 Å². The van der Waals surface area contributed by atoms with Gasteiger partial charge in [-0.1, -0.05) is 23.2 Å². The van der Waals surface area contributed by atoms with Crippen LogP contribution >= 0.6 is 23.2 Å². The van der Waals surface area contributed by atoms with Crippen LogP contribution in [0.25, 0.3) is 10.9 Å². The van der Waals surface area contributed by atoms with Crippen molar-refractivity contribution in [2.24, 2.45) is 0 Å². The van der Waals surface area contributed by atoms with Gasteiger partial charge in [-0.15, -0.1) is 0 Å². The van der Waals surface area contributed by atoms with Gasteiger partial charge in [-0.05, 0) is 31.2 Å². The van der Waals surface area contributed by atoms with E-state index in [0.717, 1.165) is 19.0 Å². The number of hydrogen-bond donors (Lipinski definition) is 1. The van der Waals surface area contributed by atoms with E-state index < -0.39 is 11.9 Å². The van der Waals surface area contributed by atoms with Crippen molar-refractivity contribution < 1.29 is 13.2 Å². The van der Waals surface area contributed by atoms with Crippen molar-refractivity contribution in [2.75, 3.05) is 31.1 Å². The first-order chi connectivity index (χ1) is 10.9. The Balaban J connectivity index is 2.24. The SMILES string of the molecule is FC(F)(F)c1cc(N2CCCNCC2)c2cc(Cl)cc(Cl)c2n1. The average Bonchev–Trinajstić information content (AvgIpc) is 2.74. The highest BCUT2D eigenvalue weighted by Gasteiger charge is 2.34. The summed E-state index contributed by atoms with van der Waals surface area (Å²) >= 11 is 12.1. The van der Waals surface area contributed by atoms with E-state index in [-0.39, 0.29) is 10.5 Å². The molecule has 8 heteroatoms. The molecule has 1 saturated heterocycles. The molecule has 2 aromatic rings. The van der Waals surface area contributed by atoms with E-state index in [9.17, 15) is 13.2 Å². The third kappa shape index (κ3) is 3.49. The zero-order valence-corrected chi connectivity index (χ0v) is 13.6. The van der Waals surface area contributed by atoms with Gasteiger partial charge in [0.1, 0.15) is 5.69 Å². The quantitative estimate of drug-likeness (QED) is 0.815. The number of pyridine rings is 1. The molecular formula is C15H14Cl2F3N3. The van der Waals surface area contributed by atoms with Crippen molar-refractivity contribution in [3.8, 4) is 0 Å². The molecule has 1 N–H and O–H groups in total. The fourth-order valence-electron chi connectivity index (χ4n) is 2.73. The van der Waals surface area contributed by atoms with Gasteiger partial charge in [0.05, 0.1) is 10.5 Å². The summed E-state index contributed by atoms with van der Waals surface area (Å²) in [6, 6.07) is 4.11. The summed E-state index contributed by atoms with van der Waals surface area (Å²) in [5, 5.41) is 4.26. The fourth-order valence-corrected chi connectivity index (χ4v) is 3.26. The third-order valence-corrected chi connectivity index (χ3v) is 4.29. The lowest BCUT2D eigenvalue weighted by atomic mass is 10.1. The number of benzene rings is 1. The first-order valence-corrected chi connectivity index (χ1v) is 7.94. The average molecular weight is 364 g/mol. The highest BCUT2D eigenvalue weighted by atomic mass is 35.5. The number of aromatic nitrogens is 1. The number of rotatable bonds is 1. The Hall–Kier alpha value is -1.24. The molecule has 0 amide bonds. The van der Waals surface area contributed by atoms with Gasteiger partial charge in [0, 0.05) is 35.7 Å². The number of fused-ring (bicyclic) bond motifs is 1. The van der Waals surface area contributed by atoms with E-state index in [2.05, 4.69) is 10.3 Å². The number of halogens is 5. The van der Waals surface area contributed by atoms with Gasteiger partial charge in [-0.25, -0.2) is 4.98 Å². The minimum Gasteiger partial charge on any atom is -0.370 e. The van der Waals surface area contributed by atoms with E-state index in [1.165, 1.54) is 6.07 Å². The molecular weight excluding hydrogens is 350 g/mol. The van der Waals surface area contributed by atoms with Crippen LogP contribution in [-0.4, -0.2) is 31.2 Å². The smallest absolute Gasteiger partial charge is 0.370 e. The zero-order valence-electron chi connectivity index (χ0n) is 12.1. The van der Waals surface area contributed by atoms with Gasteiger partial charge in [0.2, 0.25) is 0 Å². The molecule has 2 heterocycles. The normalized spacial score (nSPS) is 16.7. The third-order valence-electron chi connectivity index (χ3n) is 3.78. The summed E-state index contributed by atoms with van der Waals surface area (Å²) in [4.78, 5) is 5.63. The van der Waals surface area contributed by atoms with Crippen LogP contribution in [0.3, 0.4) is 0 Å². The number of nitrogens with zero attached hydrogens (tertiary/aromatic N) is 2. The lowest BCUT2D eigenvalue weighted by molar-refractivity contribution is -0.140. The maximum Gasteiger partial charge on any atom is 0.433 e. The van der Waals surface area contributed by atoms with Crippen molar-refractivity contribution in [3.63, 3.8) is 0 Å². The predicted octanol–water partition coefficient (Wildman–Crippen LogP) is 4.36. The van der Waals surface area contributed by atoms with Crippen LogP contribution < -0.4 is 10.2 Å². The Morgan fingerprint density at radius 2 is 1.87 bits per heavy atom. The molecule has 1 aliphatic heterocycles. The molecule has 1 aromatic heterocycles. The van der Waals surface area contributed by atoms with Gasteiger partial charge in [-0.3, -0.25) is 0 Å². The Labute approximate surface area is 141 Å². The largest absolute Gasteiger partial charge is 0.433 e. The van der Waals surface area contributed by atoms with Crippen LogP contribution in [-0.2, 0) is 6.18 Å². The molecule has 0 saturated carbocycles. The second kappa shape index (κ2) is 6.34. The van der Waals surface area contributed by atoms with Gasteiger partial charge in [0.15, 0.2) is 0 Å². The van der Waals surface area contributed by atoms with Gasteiger partial charge in [-0.2, -0.15) is 13.2 Å². The first kappa shape index (κ1) is 16.6. The first-order valence-electron chi connectivity index (χ1n) is 7.19. The molecule has 3 nitrogen and oxygen atoms in total. The summed E-state index contributed by atoms with van der Waals surface area (Å²) in [6.45, 7) is 2.82. The molecule has 0 aliphatic carbocycles. The molecule has 1 aliphatic rings. The van der Waals surface area contributed by atoms with E-state index in [4.69, 9.17) is 23.2 Å². The minimum absolute atomic E-state index is 0.118. The Bertz CT molecular complexity index is 726. The van der Waals surface area contributed by atoms with Crippen LogP contribution in [0.15, 0.2) is 18.2 Å². The Morgan fingerprint density at radius 3 is 2.61 bits per heavy atom. The van der Waals surface area contributed by atoms with Crippen LogP contribution in [0.5, 0.6) is 0 Å². The van der Waals surface area contributed by atoms with E-state index in [0.29, 0.717) is 35.7 Å². The number of anilines is 1. The number of nitrogens with one attached hydrogen (secondary N) is 1. The molecule has 1 aromatic carbocycles. The lowest BCUT2D eigenvalue weighted by Gasteiger charge is -2.25. The topological polar surface area (TPSA) is 28.2 Å². The van der Waals surface area contributed by atoms with Gasteiger partial charge >= 0.3 is 6.18 Å². The highest BCUT2D eigenvalue weighted by Crippen LogP contribution is 2.38. The summed E-state index contributed by atoms with van der Waals surface area (Å²) in [5.41, 5.74) is -0.352. The molecule has 124 valence electrons. The van der Waals surface area contributed by atoms with E-state index >= 15 is 0 Å². The van der Waals surface area contributed by atoms with Crippen LogP contribution in [0.1, 0.15) is 12.1 Å². The molecule has 0 radical (unpaired) electrons. The molecule has 0 bridgehead atoms. The Kier molecular flexibility index (Phi) is 4.58. The van der Waals surface area contributed by atoms with E-state index in [1.54, 1.807) is 6.07 Å². The van der Waals surface area contributed by atoms with Gasteiger partial charge < -0.3 is 10.2 Å². The zero-order chi connectivity index (χ0) is 16.6. The highest BCUT2D eigenvalue weighted by molar-refractivity contribution is 6.38. The minimum atomic E-state index is -4.53. The summed E-state index contributed by atoms with van der Waals surface area (Å²) in [6.07, 6.45) is -3.69. The van der Waals surface area contributed by atoms with Crippen LogP contribution in [0.2, 0.25) is 10.0 Å². The standard InChI is InChI=1S/C15H14Cl2F3N3/c16-9-6-10-12(23-4-1-2-21-3-5-23)8-13(15(18,19)20)22-14(10)11(17)7-9/h6-8,21H,1-5H2. The summed E-state index contributed by atoms with van der Waals surface area (Å²) in [7, 11) is 0. The maximum absolute atomic E-state index is 13.2. The van der Waals surface area contributed by atoms with Crippen molar-refractivity contribution in [1.82, 2.24) is 10.3 Å². The fraction of sp³-hybridized carbons (Fsp3) is 0.400. The van der Waals surface area contributed by atoms with Crippen LogP contribution in [0.4, 0.5) is 18.9 Å². The predicted molar refractivity (Wildman–Crippen MR) is 86.5 cm³/mol.